The van der Waals surface area contributed by atoms with Crippen LogP contribution in [0, 0.1) is 0 Å². The number of nitrogens with one attached hydrogen (secondary N) is 2. The molecule has 0 atom stereocenters. The molecule has 0 radical (unpaired) electrons. The molecule has 2 N–H and O–H groups in total. The van der Waals surface area contributed by atoms with Gasteiger partial charge in [0.25, 0.3) is 0 Å². The highest BCUT2D eigenvalue weighted by Crippen LogP contribution is 2.28. The van der Waals surface area contributed by atoms with E-state index >= 15 is 0 Å². The Morgan fingerprint density at radius 2 is 1.74 bits per heavy atom. The van der Waals surface area contributed by atoms with E-state index in [2.05, 4.69) is 49.0 Å². The van der Waals surface area contributed by atoms with Gasteiger partial charge in [-0.15, -0.1) is 24.0 Å². The number of carbonyl (C=O) groups excluding carboxylic acids is 1. The number of thiazole rings is 1. The van der Waals surface area contributed by atoms with Gasteiger partial charge in [0.15, 0.2) is 5.13 Å². The van der Waals surface area contributed by atoms with Crippen molar-refractivity contribution < 1.29 is 4.79 Å². The lowest BCUT2D eigenvalue weighted by Gasteiger charge is -2.14. The fraction of sp³-hybridized carbons (Fsp3) is 0.174. The second-order valence-corrected chi connectivity index (χ2v) is 9.45. The summed E-state index contributed by atoms with van der Waals surface area (Å²) >= 11 is 5.73. The molecule has 0 unspecified atom stereocenters. The molecular weight excluding hydrogens is 426 g/mol. The van der Waals surface area contributed by atoms with Gasteiger partial charge in [-0.05, 0) is 24.3 Å². The molecule has 2 aromatic heterocycles. The molecule has 2 aromatic carbocycles. The van der Waals surface area contributed by atoms with Crippen molar-refractivity contribution in [2.24, 2.45) is 0 Å². The van der Waals surface area contributed by atoms with Crippen molar-refractivity contribution in [2.75, 3.05) is 10.6 Å². The van der Waals surface area contributed by atoms with Gasteiger partial charge in [0.2, 0.25) is 0 Å². The highest BCUT2D eigenvalue weighted by atomic mass is 32.1. The predicted octanol–water partition coefficient (Wildman–Crippen LogP) is 6.23. The normalized spacial score (nSPS) is 11.4. The van der Waals surface area contributed by atoms with E-state index in [4.69, 9.17) is 5.10 Å². The Hall–Kier alpha value is -3.10. The molecule has 0 aliphatic carbocycles. The number of hydrogen-bond acceptors (Lipinski definition) is 5. The molecule has 0 bridgehead atoms. The highest BCUT2D eigenvalue weighted by Gasteiger charge is 2.21. The molecule has 0 saturated heterocycles. The fourth-order valence-corrected chi connectivity index (χ4v) is 3.81. The van der Waals surface area contributed by atoms with Crippen molar-refractivity contribution in [1.29, 1.82) is 0 Å². The molecule has 6 nitrogen and oxygen atoms in total. The summed E-state index contributed by atoms with van der Waals surface area (Å²) in [6.07, 6.45) is 0. The van der Waals surface area contributed by atoms with Crippen LogP contribution in [0.1, 0.15) is 26.5 Å². The summed E-state index contributed by atoms with van der Waals surface area (Å²) < 4.78 is 1.73. The maximum atomic E-state index is 12.7. The summed E-state index contributed by atoms with van der Waals surface area (Å²) in [5.74, 6) is 0.578. The van der Waals surface area contributed by atoms with Gasteiger partial charge in [0.1, 0.15) is 5.82 Å². The number of nitrogens with zero attached hydrogens (tertiary/aromatic N) is 3. The third kappa shape index (κ3) is 4.98. The van der Waals surface area contributed by atoms with E-state index in [-0.39, 0.29) is 11.4 Å². The number of rotatable bonds is 4. The number of aromatic nitrogens is 3. The second-order valence-electron chi connectivity index (χ2n) is 8.08. The number of benzene rings is 2. The number of urea groups is 1. The zero-order valence-electron chi connectivity index (χ0n) is 17.5. The van der Waals surface area contributed by atoms with Crippen LogP contribution in [0.15, 0.2) is 70.9 Å². The summed E-state index contributed by atoms with van der Waals surface area (Å²) in [5.41, 5.74) is 3.38. The maximum Gasteiger partial charge on any atom is 0.326 e. The Labute approximate surface area is 190 Å². The van der Waals surface area contributed by atoms with E-state index in [9.17, 15) is 4.79 Å². The first-order valence-electron chi connectivity index (χ1n) is 9.78. The van der Waals surface area contributed by atoms with Crippen LogP contribution in [-0.2, 0) is 5.41 Å². The Morgan fingerprint density at radius 1 is 1.03 bits per heavy atom. The third-order valence-electron chi connectivity index (χ3n) is 4.61. The van der Waals surface area contributed by atoms with Crippen LogP contribution >= 0.6 is 24.0 Å². The SMILES string of the molecule is CC(C)(C)c1cc(NC(=O)Nc2nc(-c3ccccc3)cs2)n(-c2ccc(S)cc2)n1. The number of amides is 2. The van der Waals surface area contributed by atoms with Crippen LogP contribution < -0.4 is 10.6 Å². The summed E-state index contributed by atoms with van der Waals surface area (Å²) in [7, 11) is 0. The summed E-state index contributed by atoms with van der Waals surface area (Å²) in [4.78, 5) is 18.1. The van der Waals surface area contributed by atoms with E-state index in [0.717, 1.165) is 27.5 Å². The lowest BCUT2D eigenvalue weighted by atomic mass is 9.92. The van der Waals surface area contributed by atoms with Gasteiger partial charge in [-0.25, -0.2) is 14.5 Å². The van der Waals surface area contributed by atoms with Gasteiger partial charge < -0.3 is 0 Å². The van der Waals surface area contributed by atoms with Crippen molar-refractivity contribution >= 4 is 40.9 Å². The smallest absolute Gasteiger partial charge is 0.292 e. The molecule has 0 saturated carbocycles. The van der Waals surface area contributed by atoms with Crippen molar-refractivity contribution in [2.45, 2.75) is 31.1 Å². The average molecular weight is 450 g/mol. The van der Waals surface area contributed by atoms with E-state index < -0.39 is 0 Å². The minimum absolute atomic E-state index is 0.165. The minimum Gasteiger partial charge on any atom is -0.292 e. The molecule has 2 amide bonds. The summed E-state index contributed by atoms with van der Waals surface area (Å²) in [5, 5.41) is 12.9. The Bertz CT molecular complexity index is 1190. The molecule has 31 heavy (non-hydrogen) atoms. The zero-order chi connectivity index (χ0) is 22.0. The van der Waals surface area contributed by atoms with Gasteiger partial charge in [0, 0.05) is 27.3 Å². The average Bonchev–Trinajstić information content (AvgIpc) is 3.36. The third-order valence-corrected chi connectivity index (χ3v) is 5.66. The number of anilines is 2. The zero-order valence-corrected chi connectivity index (χ0v) is 19.2. The van der Waals surface area contributed by atoms with Gasteiger partial charge in [-0.2, -0.15) is 5.10 Å². The molecule has 158 valence electrons. The molecule has 4 aromatic rings. The monoisotopic (exact) mass is 449 g/mol. The van der Waals surface area contributed by atoms with Crippen LogP contribution in [0.25, 0.3) is 16.9 Å². The molecule has 8 heteroatoms. The topological polar surface area (TPSA) is 71.8 Å². The lowest BCUT2D eigenvalue weighted by molar-refractivity contribution is 0.262. The first-order chi connectivity index (χ1) is 14.8. The second kappa shape index (κ2) is 8.56. The van der Waals surface area contributed by atoms with Crippen molar-refractivity contribution in [3.05, 3.63) is 71.7 Å². The first-order valence-corrected chi connectivity index (χ1v) is 11.1. The lowest BCUT2D eigenvalue weighted by Crippen LogP contribution is -2.21. The minimum atomic E-state index is -0.374. The molecule has 0 aliphatic rings. The van der Waals surface area contributed by atoms with E-state index in [1.54, 1.807) is 4.68 Å². The van der Waals surface area contributed by atoms with Crippen LogP contribution in [0.3, 0.4) is 0 Å². The summed E-state index contributed by atoms with van der Waals surface area (Å²) in [6, 6.07) is 19.0. The van der Waals surface area contributed by atoms with Crippen LogP contribution in [0.2, 0.25) is 0 Å². The van der Waals surface area contributed by atoms with Crippen LogP contribution in [-0.4, -0.2) is 20.8 Å². The summed E-state index contributed by atoms with van der Waals surface area (Å²) in [6.45, 7) is 6.25. The van der Waals surface area contributed by atoms with Gasteiger partial charge >= 0.3 is 6.03 Å². The van der Waals surface area contributed by atoms with E-state index in [1.165, 1.54) is 11.3 Å². The number of carbonyl (C=O) groups is 1. The highest BCUT2D eigenvalue weighted by molar-refractivity contribution is 7.80. The Kier molecular flexibility index (Phi) is 5.84. The largest absolute Gasteiger partial charge is 0.326 e. The Morgan fingerprint density at radius 3 is 2.42 bits per heavy atom. The molecule has 2 heterocycles. The first kappa shape index (κ1) is 21.1. The maximum absolute atomic E-state index is 12.7. The van der Waals surface area contributed by atoms with Crippen LogP contribution in [0.5, 0.6) is 0 Å². The van der Waals surface area contributed by atoms with E-state index in [0.29, 0.717) is 10.9 Å². The van der Waals surface area contributed by atoms with Crippen molar-refractivity contribution in [3.63, 3.8) is 0 Å². The quantitative estimate of drug-likeness (QED) is 0.324. The fourth-order valence-electron chi connectivity index (χ4n) is 2.94. The Balaban J connectivity index is 1.55. The van der Waals surface area contributed by atoms with Gasteiger partial charge in [-0.3, -0.25) is 10.6 Å². The van der Waals surface area contributed by atoms with Gasteiger partial charge in [0.05, 0.1) is 17.1 Å². The number of thiol groups is 1. The van der Waals surface area contributed by atoms with Crippen molar-refractivity contribution in [3.8, 4) is 16.9 Å². The van der Waals surface area contributed by atoms with Crippen molar-refractivity contribution in [1.82, 2.24) is 14.8 Å². The molecule has 4 rings (SSSR count). The molecular formula is C23H23N5OS2. The number of hydrogen-bond donors (Lipinski definition) is 3. The van der Waals surface area contributed by atoms with Gasteiger partial charge in [-0.1, -0.05) is 51.1 Å². The molecule has 0 aliphatic heterocycles. The molecule has 0 spiro atoms. The molecule has 0 fully saturated rings. The van der Waals surface area contributed by atoms with Crippen LogP contribution in [0.4, 0.5) is 15.7 Å². The predicted molar refractivity (Wildman–Crippen MR) is 130 cm³/mol. The van der Waals surface area contributed by atoms with E-state index in [1.807, 2.05) is 66.0 Å². The standard InChI is InChI=1S/C23H23N5OS2/c1-23(2,3)19-13-20(28(27-19)16-9-11-17(30)12-10-16)25-21(29)26-22-24-18(14-31-22)15-7-5-4-6-8-15/h4-14,30H,1-3H3,(H2,24,25,26,29).